The highest BCUT2D eigenvalue weighted by Crippen LogP contribution is 2.42. The number of hydrogen-bond acceptors (Lipinski definition) is 4. The molecule has 0 radical (unpaired) electrons. The van der Waals surface area contributed by atoms with E-state index in [-0.39, 0.29) is 11.0 Å². The van der Waals surface area contributed by atoms with Crippen LogP contribution in [-0.4, -0.2) is 37.6 Å². The van der Waals surface area contributed by atoms with Gasteiger partial charge in [0.05, 0.1) is 5.69 Å². The number of fused-ring (bicyclic) bond motifs is 1. The summed E-state index contributed by atoms with van der Waals surface area (Å²) in [6, 6.07) is 12.3. The van der Waals surface area contributed by atoms with E-state index in [0.717, 1.165) is 18.8 Å². The van der Waals surface area contributed by atoms with Gasteiger partial charge in [0, 0.05) is 31.6 Å². The predicted molar refractivity (Wildman–Crippen MR) is 96.6 cm³/mol. The number of likely N-dealkylation sites (tertiary alicyclic amines) is 1. The van der Waals surface area contributed by atoms with Crippen molar-refractivity contribution in [2.75, 3.05) is 13.1 Å². The predicted octanol–water partition coefficient (Wildman–Crippen LogP) is 2.35. The Bertz CT molecular complexity index is 957. The number of aryl methyl sites for hydroxylation is 1. The van der Waals surface area contributed by atoms with Crippen molar-refractivity contribution in [1.82, 2.24) is 24.5 Å². The zero-order chi connectivity index (χ0) is 17.6. The van der Waals surface area contributed by atoms with Gasteiger partial charge in [-0.05, 0) is 17.9 Å². The van der Waals surface area contributed by atoms with E-state index in [4.69, 9.17) is 0 Å². The van der Waals surface area contributed by atoms with Gasteiger partial charge >= 0.3 is 0 Å². The van der Waals surface area contributed by atoms with Crippen LogP contribution in [0, 0.1) is 12.3 Å². The highest BCUT2D eigenvalue weighted by Gasteiger charge is 2.40. The molecule has 0 spiro atoms. The third-order valence-corrected chi connectivity index (χ3v) is 5.10. The van der Waals surface area contributed by atoms with Crippen LogP contribution in [0.5, 0.6) is 0 Å². The second-order valence-corrected chi connectivity index (χ2v) is 7.65. The first-order valence-electron chi connectivity index (χ1n) is 8.65. The summed E-state index contributed by atoms with van der Waals surface area (Å²) < 4.78 is 1.39. The summed E-state index contributed by atoms with van der Waals surface area (Å²) in [6.45, 7) is 9.07. The van der Waals surface area contributed by atoms with Gasteiger partial charge in [0.1, 0.15) is 5.82 Å². The molecule has 2 aromatic heterocycles. The van der Waals surface area contributed by atoms with E-state index in [1.54, 1.807) is 6.07 Å². The molecule has 0 aliphatic carbocycles. The summed E-state index contributed by atoms with van der Waals surface area (Å²) in [5, 5.41) is 2.91. The van der Waals surface area contributed by atoms with Crippen molar-refractivity contribution >= 4 is 5.78 Å². The molecule has 4 rings (SSSR count). The van der Waals surface area contributed by atoms with E-state index in [1.807, 2.05) is 6.92 Å². The van der Waals surface area contributed by atoms with Gasteiger partial charge < -0.3 is 0 Å². The van der Waals surface area contributed by atoms with Crippen LogP contribution in [0.15, 0.2) is 41.2 Å². The number of benzene rings is 1. The summed E-state index contributed by atoms with van der Waals surface area (Å²) in [7, 11) is 0. The Balaban J connectivity index is 1.59. The average molecular weight is 337 g/mol. The van der Waals surface area contributed by atoms with Crippen molar-refractivity contribution < 1.29 is 0 Å². The Hall–Kier alpha value is -2.47. The monoisotopic (exact) mass is 337 g/mol. The van der Waals surface area contributed by atoms with Crippen LogP contribution in [-0.2, 0) is 6.54 Å². The topological polar surface area (TPSA) is 66.3 Å². The first-order valence-corrected chi connectivity index (χ1v) is 8.65. The molecule has 1 fully saturated rings. The molecule has 1 unspecified atom stereocenters. The number of aromatic nitrogens is 4. The van der Waals surface area contributed by atoms with Crippen LogP contribution in [0.3, 0.4) is 0 Å². The first-order chi connectivity index (χ1) is 11.9. The molecule has 3 heterocycles. The van der Waals surface area contributed by atoms with Crippen molar-refractivity contribution in [2.24, 2.45) is 5.41 Å². The number of nitrogens with one attached hydrogen (secondary N) is 1. The summed E-state index contributed by atoms with van der Waals surface area (Å²) in [5.74, 6) is 1.61. The van der Waals surface area contributed by atoms with E-state index >= 15 is 0 Å². The Morgan fingerprint density at radius 1 is 1.24 bits per heavy atom. The number of H-pyrrole nitrogens is 1. The summed E-state index contributed by atoms with van der Waals surface area (Å²) in [5.41, 5.74) is 2.23. The highest BCUT2D eigenvalue weighted by molar-refractivity contribution is 5.28. The fourth-order valence-electron chi connectivity index (χ4n) is 3.96. The summed E-state index contributed by atoms with van der Waals surface area (Å²) in [6.07, 6.45) is 0. The first kappa shape index (κ1) is 16.0. The smallest absolute Gasteiger partial charge is 0.274 e. The second-order valence-electron chi connectivity index (χ2n) is 7.65. The molecular weight excluding hydrogens is 314 g/mol. The summed E-state index contributed by atoms with van der Waals surface area (Å²) >= 11 is 0. The van der Waals surface area contributed by atoms with Gasteiger partial charge in [-0.2, -0.15) is 9.50 Å². The van der Waals surface area contributed by atoms with E-state index < -0.39 is 0 Å². The third-order valence-electron chi connectivity index (χ3n) is 5.10. The largest absolute Gasteiger partial charge is 0.296 e. The van der Waals surface area contributed by atoms with Crippen LogP contribution in [0.4, 0.5) is 0 Å². The molecule has 1 aromatic carbocycles. The van der Waals surface area contributed by atoms with E-state index in [9.17, 15) is 4.79 Å². The van der Waals surface area contributed by atoms with E-state index in [2.05, 4.69) is 64.1 Å². The molecule has 0 amide bonds. The van der Waals surface area contributed by atoms with Crippen molar-refractivity contribution in [3.63, 3.8) is 0 Å². The average Bonchev–Trinajstić information content (AvgIpc) is 3.07. The van der Waals surface area contributed by atoms with Crippen molar-refractivity contribution in [3.05, 3.63) is 63.8 Å². The van der Waals surface area contributed by atoms with Crippen LogP contribution in [0.2, 0.25) is 0 Å². The van der Waals surface area contributed by atoms with Crippen molar-refractivity contribution in [1.29, 1.82) is 0 Å². The zero-order valence-corrected chi connectivity index (χ0v) is 14.9. The zero-order valence-electron chi connectivity index (χ0n) is 14.9. The number of nitrogens with zero attached hydrogens (tertiary/aromatic N) is 4. The highest BCUT2D eigenvalue weighted by atomic mass is 16.1. The lowest BCUT2D eigenvalue weighted by Gasteiger charge is -2.26. The van der Waals surface area contributed by atoms with Gasteiger partial charge in [0.15, 0.2) is 0 Å². The van der Waals surface area contributed by atoms with E-state index in [0.29, 0.717) is 24.1 Å². The minimum atomic E-state index is -0.112. The lowest BCUT2D eigenvalue weighted by molar-refractivity contribution is 0.279. The Kier molecular flexibility index (Phi) is 3.72. The molecular formula is C19H23N5O. The van der Waals surface area contributed by atoms with Crippen molar-refractivity contribution in [3.8, 4) is 0 Å². The Morgan fingerprint density at radius 3 is 2.76 bits per heavy atom. The lowest BCUT2D eigenvalue weighted by atomic mass is 9.78. The third kappa shape index (κ3) is 2.98. The summed E-state index contributed by atoms with van der Waals surface area (Å²) in [4.78, 5) is 23.4. The van der Waals surface area contributed by atoms with Gasteiger partial charge in [-0.15, -0.1) is 0 Å². The normalized spacial score (nSPS) is 20.4. The van der Waals surface area contributed by atoms with Gasteiger partial charge in [0.25, 0.3) is 11.3 Å². The van der Waals surface area contributed by atoms with Crippen LogP contribution in [0.25, 0.3) is 5.78 Å². The molecule has 1 saturated heterocycles. The maximum absolute atomic E-state index is 12.2. The SMILES string of the molecule is Cc1nc2nc(CN3CC(c4ccccc4)C(C)(C)C3)cc(=O)n2[nH]1. The molecule has 0 saturated carbocycles. The lowest BCUT2D eigenvalue weighted by Crippen LogP contribution is -2.25. The standard InChI is InChI=1S/C19H23N5O/c1-13-20-18-21-15(9-17(25)24(18)22-13)10-23-11-16(19(2,3)12-23)14-7-5-4-6-8-14/h4-9,16H,10-12H2,1-3H3,(H,20,21,22). The van der Waals surface area contributed by atoms with Crippen LogP contribution >= 0.6 is 0 Å². The molecule has 1 aliphatic rings. The maximum atomic E-state index is 12.2. The fourth-order valence-corrected chi connectivity index (χ4v) is 3.96. The molecule has 130 valence electrons. The molecule has 1 atom stereocenters. The second kappa shape index (κ2) is 5.81. The minimum Gasteiger partial charge on any atom is -0.296 e. The molecule has 3 aromatic rings. The van der Waals surface area contributed by atoms with Crippen LogP contribution < -0.4 is 5.56 Å². The minimum absolute atomic E-state index is 0.112. The van der Waals surface area contributed by atoms with Gasteiger partial charge in [-0.3, -0.25) is 14.8 Å². The quantitative estimate of drug-likeness (QED) is 0.797. The van der Waals surface area contributed by atoms with Gasteiger partial charge in [-0.25, -0.2) is 4.98 Å². The molecule has 0 bridgehead atoms. The number of hydrogen-bond donors (Lipinski definition) is 1. The Labute approximate surface area is 146 Å². The van der Waals surface area contributed by atoms with Crippen LogP contribution in [0.1, 0.15) is 36.8 Å². The fraction of sp³-hybridized carbons (Fsp3) is 0.421. The van der Waals surface area contributed by atoms with Crippen molar-refractivity contribution in [2.45, 2.75) is 33.2 Å². The molecule has 6 heteroatoms. The molecule has 6 nitrogen and oxygen atoms in total. The molecule has 1 N–H and O–H groups in total. The Morgan fingerprint density at radius 2 is 2.00 bits per heavy atom. The number of rotatable bonds is 3. The van der Waals surface area contributed by atoms with Gasteiger partial charge in [0.2, 0.25) is 0 Å². The molecule has 25 heavy (non-hydrogen) atoms. The molecule has 1 aliphatic heterocycles. The van der Waals surface area contributed by atoms with E-state index in [1.165, 1.54) is 10.1 Å². The maximum Gasteiger partial charge on any atom is 0.274 e. The number of aromatic amines is 1. The van der Waals surface area contributed by atoms with Gasteiger partial charge in [-0.1, -0.05) is 44.2 Å².